The van der Waals surface area contributed by atoms with Crippen LogP contribution in [-0.2, 0) is 23.9 Å². The Morgan fingerprint density at radius 3 is 2.32 bits per heavy atom. The molecule has 0 aromatic heterocycles. The van der Waals surface area contributed by atoms with E-state index < -0.39 is 42.2 Å². The van der Waals surface area contributed by atoms with Crippen LogP contribution in [0.3, 0.4) is 0 Å². The van der Waals surface area contributed by atoms with Crippen LogP contribution >= 0.6 is 23.2 Å². The number of nitrogens with one attached hydrogen (secondary N) is 2. The molecule has 10 nitrogen and oxygen atoms in total. The van der Waals surface area contributed by atoms with Gasteiger partial charge in [-0.3, -0.25) is 29.6 Å². The summed E-state index contributed by atoms with van der Waals surface area (Å²) in [5.41, 5.74) is 3.34. The second kappa shape index (κ2) is 12.6. The summed E-state index contributed by atoms with van der Waals surface area (Å²) >= 11 is 11.8. The molecule has 1 fully saturated rings. The van der Waals surface area contributed by atoms with E-state index in [-0.39, 0.29) is 34.5 Å². The van der Waals surface area contributed by atoms with E-state index in [2.05, 4.69) is 10.7 Å². The van der Waals surface area contributed by atoms with Crippen molar-refractivity contribution in [2.75, 3.05) is 25.1 Å². The molecule has 12 heteroatoms. The number of rotatable bonds is 9. The van der Waals surface area contributed by atoms with E-state index in [1.54, 1.807) is 0 Å². The van der Waals surface area contributed by atoms with Crippen molar-refractivity contribution in [1.29, 1.82) is 0 Å². The Morgan fingerprint density at radius 2 is 1.68 bits per heavy atom. The van der Waals surface area contributed by atoms with Crippen molar-refractivity contribution in [3.8, 4) is 0 Å². The van der Waals surface area contributed by atoms with Gasteiger partial charge < -0.3 is 14.8 Å². The number of nitrogens with zero attached hydrogens (tertiary/aromatic N) is 1. The fourth-order valence-corrected chi connectivity index (χ4v) is 3.56. The van der Waals surface area contributed by atoms with Crippen molar-refractivity contribution >= 4 is 58.5 Å². The molecule has 2 aromatic rings. The molecule has 2 N–H and O–H groups in total. The Balaban J connectivity index is 1.44. The average Bonchev–Trinajstić information content (AvgIpc) is 3.23. The van der Waals surface area contributed by atoms with Gasteiger partial charge in [-0.2, -0.15) is 0 Å². The number of esters is 2. The second-order valence-corrected chi connectivity index (χ2v) is 9.52. The third kappa shape index (κ3) is 7.93. The van der Waals surface area contributed by atoms with Gasteiger partial charge in [0.1, 0.15) is 0 Å². The summed E-state index contributed by atoms with van der Waals surface area (Å²) in [7, 11) is 0. The molecule has 0 unspecified atom stereocenters. The van der Waals surface area contributed by atoms with Crippen LogP contribution in [0.25, 0.3) is 0 Å². The lowest BCUT2D eigenvalue weighted by molar-refractivity contribution is -0.151. The number of amides is 3. The minimum absolute atomic E-state index is 0.110. The predicted molar refractivity (Wildman–Crippen MR) is 135 cm³/mol. The van der Waals surface area contributed by atoms with E-state index in [1.807, 2.05) is 13.8 Å². The molecule has 2 aromatic carbocycles. The fourth-order valence-electron chi connectivity index (χ4n) is 3.27. The van der Waals surface area contributed by atoms with Crippen LogP contribution in [-0.4, -0.2) is 54.4 Å². The summed E-state index contributed by atoms with van der Waals surface area (Å²) in [5, 5.41) is 4.03. The topological polar surface area (TPSA) is 131 Å². The molecular weight excluding hydrogens is 525 g/mol. The summed E-state index contributed by atoms with van der Waals surface area (Å²) < 4.78 is 10.2. The maximum Gasteiger partial charge on any atom is 0.338 e. The van der Waals surface area contributed by atoms with Crippen LogP contribution in [0.15, 0.2) is 42.5 Å². The molecule has 3 amide bonds. The molecule has 0 spiro atoms. The molecule has 1 aliphatic rings. The highest BCUT2D eigenvalue weighted by Crippen LogP contribution is 2.23. The summed E-state index contributed by atoms with van der Waals surface area (Å²) in [4.78, 5) is 61.2. The lowest BCUT2D eigenvalue weighted by Crippen LogP contribution is -2.43. The average molecular weight is 550 g/mol. The number of carbonyl (C=O) groups excluding carboxylic acids is 5. The van der Waals surface area contributed by atoms with Crippen molar-refractivity contribution in [3.05, 3.63) is 63.6 Å². The van der Waals surface area contributed by atoms with Crippen molar-refractivity contribution in [3.63, 3.8) is 0 Å². The Kier molecular flexibility index (Phi) is 9.48. The van der Waals surface area contributed by atoms with Crippen LogP contribution in [0.1, 0.15) is 41.0 Å². The van der Waals surface area contributed by atoms with Gasteiger partial charge in [0, 0.05) is 17.7 Å². The van der Waals surface area contributed by atoms with Crippen molar-refractivity contribution in [1.82, 2.24) is 10.4 Å². The number of carbonyl (C=O) groups is 5. The summed E-state index contributed by atoms with van der Waals surface area (Å²) in [6.45, 7) is 3.47. The molecule has 1 atom stereocenters. The zero-order valence-corrected chi connectivity index (χ0v) is 21.6. The van der Waals surface area contributed by atoms with Gasteiger partial charge in [0.25, 0.3) is 11.8 Å². The number of halogens is 2. The number of hydrogen-bond donors (Lipinski definition) is 2. The number of anilines is 1. The Labute approximate surface area is 223 Å². The highest BCUT2D eigenvalue weighted by Gasteiger charge is 2.36. The molecule has 0 saturated carbocycles. The van der Waals surface area contributed by atoms with Crippen molar-refractivity contribution in [2.45, 2.75) is 20.3 Å². The highest BCUT2D eigenvalue weighted by atomic mass is 35.5. The molecule has 0 aliphatic carbocycles. The third-order valence-electron chi connectivity index (χ3n) is 5.17. The van der Waals surface area contributed by atoms with Crippen LogP contribution < -0.4 is 10.7 Å². The van der Waals surface area contributed by atoms with Gasteiger partial charge in [-0.15, -0.1) is 0 Å². The van der Waals surface area contributed by atoms with Crippen LogP contribution in [0.4, 0.5) is 5.69 Å². The first kappa shape index (κ1) is 27.9. The van der Waals surface area contributed by atoms with E-state index in [4.69, 9.17) is 32.7 Å². The minimum atomic E-state index is -0.856. The molecular formula is C25H25Cl2N3O7. The van der Waals surface area contributed by atoms with Gasteiger partial charge in [-0.05, 0) is 48.4 Å². The largest absolute Gasteiger partial charge is 0.462 e. The van der Waals surface area contributed by atoms with Crippen molar-refractivity contribution in [2.24, 2.45) is 11.8 Å². The molecule has 37 heavy (non-hydrogen) atoms. The van der Waals surface area contributed by atoms with Gasteiger partial charge in [-0.1, -0.05) is 37.0 Å². The minimum Gasteiger partial charge on any atom is -0.462 e. The Morgan fingerprint density at radius 1 is 1.00 bits per heavy atom. The number of hydrogen-bond acceptors (Lipinski definition) is 7. The highest BCUT2D eigenvalue weighted by molar-refractivity contribution is 6.42. The van der Waals surface area contributed by atoms with E-state index in [1.165, 1.54) is 42.5 Å². The number of benzene rings is 2. The quantitative estimate of drug-likeness (QED) is 0.457. The molecule has 1 heterocycles. The van der Waals surface area contributed by atoms with Gasteiger partial charge in [-0.25, -0.2) is 4.79 Å². The zero-order valence-electron chi connectivity index (χ0n) is 20.1. The van der Waals surface area contributed by atoms with E-state index in [9.17, 15) is 24.0 Å². The van der Waals surface area contributed by atoms with E-state index >= 15 is 0 Å². The third-order valence-corrected chi connectivity index (χ3v) is 5.91. The van der Waals surface area contributed by atoms with Crippen LogP contribution in [0.2, 0.25) is 10.0 Å². The molecule has 1 aliphatic heterocycles. The second-order valence-electron chi connectivity index (χ2n) is 8.70. The van der Waals surface area contributed by atoms with Gasteiger partial charge in [0.2, 0.25) is 5.91 Å². The monoisotopic (exact) mass is 549 g/mol. The van der Waals surface area contributed by atoms with Gasteiger partial charge >= 0.3 is 11.9 Å². The molecule has 3 rings (SSSR count). The molecule has 1 saturated heterocycles. The Bertz CT molecular complexity index is 1200. The maximum atomic E-state index is 12.4. The first-order valence-corrected chi connectivity index (χ1v) is 12.1. The summed E-state index contributed by atoms with van der Waals surface area (Å²) in [6, 6.07) is 10.3. The number of hydrazine groups is 1. The lowest BCUT2D eigenvalue weighted by Gasteiger charge is -2.17. The van der Waals surface area contributed by atoms with Crippen LogP contribution in [0, 0.1) is 11.8 Å². The summed E-state index contributed by atoms with van der Waals surface area (Å²) in [5.74, 6) is -3.54. The zero-order chi connectivity index (χ0) is 27.1. The SMILES string of the molecule is CC(C)COC(=O)c1ccc(NC(=O)COC(=O)[C@@H]2CC(=O)N(NC(=O)c3ccc(Cl)c(Cl)c3)C2)cc1. The van der Waals surface area contributed by atoms with Gasteiger partial charge in [0.15, 0.2) is 6.61 Å². The molecule has 196 valence electrons. The first-order chi connectivity index (χ1) is 17.5. The lowest BCUT2D eigenvalue weighted by atomic mass is 10.1. The predicted octanol–water partition coefficient (Wildman–Crippen LogP) is 3.48. The number of ether oxygens (including phenoxy) is 2. The smallest absolute Gasteiger partial charge is 0.338 e. The molecule has 0 bridgehead atoms. The summed E-state index contributed by atoms with van der Waals surface area (Å²) in [6.07, 6.45) is -0.184. The first-order valence-electron chi connectivity index (χ1n) is 11.3. The Hall–Kier alpha value is -3.63. The maximum absolute atomic E-state index is 12.4. The van der Waals surface area contributed by atoms with Crippen LogP contribution in [0.5, 0.6) is 0 Å². The van der Waals surface area contributed by atoms with E-state index in [0.717, 1.165) is 5.01 Å². The normalized spacial score (nSPS) is 14.9. The van der Waals surface area contributed by atoms with Crippen molar-refractivity contribution < 1.29 is 33.4 Å². The fraction of sp³-hybridized carbons (Fsp3) is 0.320. The van der Waals surface area contributed by atoms with E-state index in [0.29, 0.717) is 17.9 Å². The molecule has 0 radical (unpaired) electrons. The standard InChI is InChI=1S/C25H25Cl2N3O7/c1-14(2)12-36-24(34)15-3-6-18(7-4-15)28-21(31)13-37-25(35)17-10-22(32)30(11-17)29-23(33)16-5-8-19(26)20(27)9-16/h3-9,14,17H,10-13H2,1-2H3,(H,28,31)(H,29,33)/t17-/m1/s1. The van der Waals surface area contributed by atoms with Gasteiger partial charge in [0.05, 0.1) is 34.7 Å².